The summed E-state index contributed by atoms with van der Waals surface area (Å²) in [5.74, 6) is 0. The maximum absolute atomic E-state index is 12.2. The molecule has 0 atom stereocenters. The first-order valence-electron chi connectivity index (χ1n) is 6.60. The van der Waals surface area contributed by atoms with Gasteiger partial charge in [-0.25, -0.2) is 13.1 Å². The van der Waals surface area contributed by atoms with Crippen LogP contribution in [0.25, 0.3) is 0 Å². The van der Waals surface area contributed by atoms with Crippen LogP contribution in [0.5, 0.6) is 0 Å². The highest BCUT2D eigenvalue weighted by molar-refractivity contribution is 7.89. The predicted octanol–water partition coefficient (Wildman–Crippen LogP) is 1.35. The third-order valence-electron chi connectivity index (χ3n) is 2.98. The third kappa shape index (κ3) is 4.06. The van der Waals surface area contributed by atoms with Gasteiger partial charge in [-0.1, -0.05) is 0 Å². The van der Waals surface area contributed by atoms with Crippen molar-refractivity contribution in [2.75, 3.05) is 0 Å². The fourth-order valence-corrected chi connectivity index (χ4v) is 3.41. The molecule has 1 saturated carbocycles. The highest BCUT2D eigenvalue weighted by Crippen LogP contribution is 2.20. The van der Waals surface area contributed by atoms with Crippen LogP contribution in [0.1, 0.15) is 39.3 Å². The zero-order chi connectivity index (χ0) is 14.3. The van der Waals surface area contributed by atoms with Crippen LogP contribution in [0, 0.1) is 0 Å². The van der Waals surface area contributed by atoms with E-state index in [2.05, 4.69) is 10.0 Å². The molecular weight excluding hydrogens is 262 g/mol. The van der Waals surface area contributed by atoms with Crippen LogP contribution in [0.15, 0.2) is 17.2 Å². The van der Waals surface area contributed by atoms with Crippen molar-refractivity contribution in [3.63, 3.8) is 0 Å². The van der Waals surface area contributed by atoms with Crippen LogP contribution in [-0.2, 0) is 23.6 Å². The number of nitrogens with zero attached hydrogens (tertiary/aromatic N) is 1. The molecule has 0 radical (unpaired) electrons. The van der Waals surface area contributed by atoms with E-state index in [1.54, 1.807) is 12.3 Å². The fraction of sp³-hybridized carbons (Fsp3) is 0.692. The minimum absolute atomic E-state index is 0.331. The van der Waals surface area contributed by atoms with Crippen molar-refractivity contribution in [1.29, 1.82) is 0 Å². The lowest BCUT2D eigenvalue weighted by Gasteiger charge is -2.19. The molecule has 1 aromatic heterocycles. The van der Waals surface area contributed by atoms with Gasteiger partial charge in [0.25, 0.3) is 0 Å². The zero-order valence-electron chi connectivity index (χ0n) is 12.0. The Balaban J connectivity index is 2.13. The number of rotatable bonds is 5. The summed E-state index contributed by atoms with van der Waals surface area (Å²) in [6, 6.07) is 2.35. The smallest absolute Gasteiger partial charge is 0.242 e. The van der Waals surface area contributed by atoms with Crippen molar-refractivity contribution >= 4 is 10.0 Å². The fourth-order valence-electron chi connectivity index (χ4n) is 1.90. The van der Waals surface area contributed by atoms with E-state index in [9.17, 15) is 8.42 Å². The van der Waals surface area contributed by atoms with E-state index in [-0.39, 0.29) is 0 Å². The Bertz CT molecular complexity index is 551. The first-order chi connectivity index (χ1) is 8.67. The van der Waals surface area contributed by atoms with Crippen molar-refractivity contribution in [3.05, 3.63) is 18.0 Å². The van der Waals surface area contributed by atoms with Crippen molar-refractivity contribution < 1.29 is 8.42 Å². The van der Waals surface area contributed by atoms with Gasteiger partial charge in [0.1, 0.15) is 0 Å². The van der Waals surface area contributed by atoms with E-state index >= 15 is 0 Å². The second-order valence-electron chi connectivity index (χ2n) is 6.29. The van der Waals surface area contributed by atoms with Crippen LogP contribution >= 0.6 is 0 Å². The van der Waals surface area contributed by atoms with Gasteiger partial charge in [0.05, 0.1) is 4.90 Å². The molecule has 0 saturated heterocycles. The molecule has 0 spiro atoms. The largest absolute Gasteiger partial charge is 0.352 e. The molecule has 1 heterocycles. The van der Waals surface area contributed by atoms with Crippen molar-refractivity contribution in [2.45, 2.75) is 56.6 Å². The van der Waals surface area contributed by atoms with Gasteiger partial charge >= 0.3 is 0 Å². The van der Waals surface area contributed by atoms with Gasteiger partial charge in [-0.3, -0.25) is 0 Å². The van der Waals surface area contributed by atoms with E-state index in [0.29, 0.717) is 17.5 Å². The molecule has 5 nitrogen and oxygen atoms in total. The second kappa shape index (κ2) is 4.92. The standard InChI is InChI=1S/C13H23N3O2S/c1-13(2,3)15-19(17,18)12-7-11(16(4)9-12)8-14-10-5-6-10/h7,9-10,14-15H,5-6,8H2,1-4H3. The van der Waals surface area contributed by atoms with Gasteiger partial charge in [0, 0.05) is 37.1 Å². The van der Waals surface area contributed by atoms with Crippen LogP contribution in [0.2, 0.25) is 0 Å². The molecule has 0 aliphatic heterocycles. The zero-order valence-corrected chi connectivity index (χ0v) is 12.8. The Labute approximate surface area is 115 Å². The summed E-state index contributed by atoms with van der Waals surface area (Å²) < 4.78 is 29.0. The molecule has 6 heteroatoms. The van der Waals surface area contributed by atoms with Crippen molar-refractivity contribution in [3.8, 4) is 0 Å². The summed E-state index contributed by atoms with van der Waals surface area (Å²) in [4.78, 5) is 0.331. The Morgan fingerprint density at radius 1 is 1.37 bits per heavy atom. The number of aromatic nitrogens is 1. The molecule has 1 aromatic rings. The van der Waals surface area contributed by atoms with E-state index in [1.165, 1.54) is 12.8 Å². The number of aryl methyl sites for hydroxylation is 1. The van der Waals surface area contributed by atoms with E-state index < -0.39 is 15.6 Å². The summed E-state index contributed by atoms with van der Waals surface area (Å²) >= 11 is 0. The Kier molecular flexibility index (Phi) is 3.77. The number of nitrogens with one attached hydrogen (secondary N) is 2. The summed E-state index contributed by atoms with van der Waals surface area (Å²) in [6.07, 6.45) is 4.11. The Morgan fingerprint density at radius 3 is 2.53 bits per heavy atom. The number of hydrogen-bond donors (Lipinski definition) is 2. The molecule has 1 aliphatic carbocycles. The van der Waals surface area contributed by atoms with Crippen LogP contribution in [-0.4, -0.2) is 24.6 Å². The minimum atomic E-state index is -3.44. The molecule has 0 unspecified atom stereocenters. The molecule has 0 bridgehead atoms. The van der Waals surface area contributed by atoms with Gasteiger partial charge in [-0.15, -0.1) is 0 Å². The molecule has 108 valence electrons. The third-order valence-corrected chi connectivity index (χ3v) is 4.71. The molecule has 2 N–H and O–H groups in total. The molecule has 2 rings (SSSR count). The van der Waals surface area contributed by atoms with Crippen molar-refractivity contribution in [2.24, 2.45) is 7.05 Å². The lowest BCUT2D eigenvalue weighted by molar-refractivity contribution is 0.491. The van der Waals surface area contributed by atoms with Gasteiger partial charge in [-0.05, 0) is 39.7 Å². The molecule has 1 fully saturated rings. The Hall–Kier alpha value is -0.850. The Morgan fingerprint density at radius 2 is 2.00 bits per heavy atom. The highest BCUT2D eigenvalue weighted by atomic mass is 32.2. The lowest BCUT2D eigenvalue weighted by atomic mass is 10.1. The SMILES string of the molecule is Cn1cc(S(=O)(=O)NC(C)(C)C)cc1CNC1CC1. The summed E-state index contributed by atoms with van der Waals surface area (Å²) in [5.41, 5.74) is 0.516. The van der Waals surface area contributed by atoms with Crippen molar-refractivity contribution in [1.82, 2.24) is 14.6 Å². The van der Waals surface area contributed by atoms with E-state index in [0.717, 1.165) is 5.69 Å². The molecule has 0 amide bonds. The maximum Gasteiger partial charge on any atom is 0.242 e. The summed E-state index contributed by atoms with van der Waals surface area (Å²) in [6.45, 7) is 6.22. The average molecular weight is 285 g/mol. The normalized spacial score (nSPS) is 16.8. The van der Waals surface area contributed by atoms with Crippen LogP contribution in [0.3, 0.4) is 0 Å². The average Bonchev–Trinajstić information content (AvgIpc) is 2.96. The van der Waals surface area contributed by atoms with Gasteiger partial charge in [-0.2, -0.15) is 0 Å². The molecule has 19 heavy (non-hydrogen) atoms. The van der Waals surface area contributed by atoms with E-state index in [1.807, 2.05) is 32.4 Å². The van der Waals surface area contributed by atoms with Crippen LogP contribution in [0.4, 0.5) is 0 Å². The quantitative estimate of drug-likeness (QED) is 0.858. The van der Waals surface area contributed by atoms with E-state index in [4.69, 9.17) is 0 Å². The van der Waals surface area contributed by atoms with Gasteiger partial charge in [0.15, 0.2) is 0 Å². The maximum atomic E-state index is 12.2. The molecular formula is C13H23N3O2S. The molecule has 1 aliphatic rings. The minimum Gasteiger partial charge on any atom is -0.352 e. The number of hydrogen-bond acceptors (Lipinski definition) is 3. The topological polar surface area (TPSA) is 63.1 Å². The van der Waals surface area contributed by atoms with Gasteiger partial charge in [0.2, 0.25) is 10.0 Å². The highest BCUT2D eigenvalue weighted by Gasteiger charge is 2.24. The second-order valence-corrected chi connectivity index (χ2v) is 7.97. The summed E-state index contributed by atoms with van der Waals surface area (Å²) in [5, 5.41) is 3.39. The summed E-state index contributed by atoms with van der Waals surface area (Å²) in [7, 11) is -1.57. The van der Waals surface area contributed by atoms with Crippen LogP contribution < -0.4 is 10.0 Å². The molecule has 0 aromatic carbocycles. The van der Waals surface area contributed by atoms with Gasteiger partial charge < -0.3 is 9.88 Å². The first-order valence-corrected chi connectivity index (χ1v) is 8.08. The predicted molar refractivity (Wildman–Crippen MR) is 75.3 cm³/mol. The number of sulfonamides is 1. The monoisotopic (exact) mass is 285 g/mol. The first kappa shape index (κ1) is 14.6. The lowest BCUT2D eigenvalue weighted by Crippen LogP contribution is -2.40.